The molecule has 1 fully saturated rings. The van der Waals surface area contributed by atoms with Crippen LogP contribution in [0.2, 0.25) is 0 Å². The van der Waals surface area contributed by atoms with E-state index in [0.717, 1.165) is 10.5 Å². The molecule has 2 aromatic rings. The van der Waals surface area contributed by atoms with Gasteiger partial charge in [0, 0.05) is 42.5 Å². The molecule has 2 amide bonds. The Balaban J connectivity index is 2.09. The van der Waals surface area contributed by atoms with Gasteiger partial charge in [-0.3, -0.25) is 14.5 Å². The molecule has 0 unspecified atom stereocenters. The number of aromatic nitrogens is 2. The van der Waals surface area contributed by atoms with Crippen LogP contribution < -0.4 is 10.2 Å². The molecule has 0 radical (unpaired) electrons. The van der Waals surface area contributed by atoms with Gasteiger partial charge in [-0.1, -0.05) is 29.3 Å². The Bertz CT molecular complexity index is 943. The lowest BCUT2D eigenvalue weighted by Crippen LogP contribution is -2.59. The van der Waals surface area contributed by atoms with Crippen LogP contribution in [0.4, 0.5) is 18.9 Å². The molecule has 3 rings (SSSR count). The van der Waals surface area contributed by atoms with Crippen molar-refractivity contribution in [1.82, 2.24) is 15.3 Å². The monoisotopic (exact) mass is 454 g/mol. The lowest BCUT2D eigenvalue weighted by molar-refractivity contribution is -0.131. The number of benzene rings is 1. The number of nitrogens with zero attached hydrogens (tertiary/aromatic N) is 3. The van der Waals surface area contributed by atoms with Crippen molar-refractivity contribution in [2.75, 3.05) is 4.90 Å². The zero-order valence-corrected chi connectivity index (χ0v) is 17.7. The number of amides is 2. The molecule has 1 aliphatic carbocycles. The average Bonchev–Trinajstić information content (AvgIpc) is 3.08. The molecule has 0 bridgehead atoms. The lowest BCUT2D eigenvalue weighted by atomic mass is 9.89. The number of alkyl halides is 4. The minimum atomic E-state index is -2.88. The molecular weight excluding hydrogens is 433 g/mol. The summed E-state index contributed by atoms with van der Waals surface area (Å²) in [6, 6.07) is 5.68. The van der Waals surface area contributed by atoms with Crippen molar-refractivity contribution in [2.45, 2.75) is 56.2 Å². The van der Waals surface area contributed by atoms with Crippen LogP contribution in [0, 0.1) is 6.92 Å². The van der Waals surface area contributed by atoms with Gasteiger partial charge in [0.25, 0.3) is 17.4 Å². The van der Waals surface area contributed by atoms with Crippen LogP contribution in [0.3, 0.4) is 0 Å². The van der Waals surface area contributed by atoms with E-state index in [1.165, 1.54) is 25.6 Å². The Kier molecular flexibility index (Phi) is 6.54. The highest BCUT2D eigenvalue weighted by Gasteiger charge is 2.49. The first-order chi connectivity index (χ1) is 14.5. The van der Waals surface area contributed by atoms with Gasteiger partial charge >= 0.3 is 0 Å². The van der Waals surface area contributed by atoms with E-state index in [0.29, 0.717) is 0 Å². The first-order valence-corrected chi connectivity index (χ1v) is 10.1. The predicted octanol–water partition coefficient (Wildman–Crippen LogP) is 3.87. The highest BCUT2D eigenvalue weighted by molar-refractivity contribution is 6.32. The fourth-order valence-electron chi connectivity index (χ4n) is 3.71. The van der Waals surface area contributed by atoms with Crippen LogP contribution in [0.1, 0.15) is 37.3 Å². The van der Waals surface area contributed by atoms with E-state index in [-0.39, 0.29) is 24.1 Å². The number of hydrogen-bond acceptors (Lipinski definition) is 4. The minimum absolute atomic E-state index is 0.0832. The van der Waals surface area contributed by atoms with Crippen molar-refractivity contribution in [3.8, 4) is 0 Å². The molecule has 1 aromatic carbocycles. The Hall–Kier alpha value is -2.68. The van der Waals surface area contributed by atoms with Crippen LogP contribution >= 0.6 is 11.6 Å². The Morgan fingerprint density at radius 2 is 1.87 bits per heavy atom. The molecule has 31 heavy (non-hydrogen) atoms. The highest BCUT2D eigenvalue weighted by Crippen LogP contribution is 2.38. The normalized spacial score (nSPS) is 20.5. The Morgan fingerprint density at radius 3 is 2.39 bits per heavy atom. The van der Waals surface area contributed by atoms with Crippen molar-refractivity contribution in [1.29, 1.82) is 0 Å². The molecule has 0 spiro atoms. The van der Waals surface area contributed by atoms with E-state index >= 15 is 0 Å². The second kappa shape index (κ2) is 8.82. The molecule has 166 valence electrons. The summed E-state index contributed by atoms with van der Waals surface area (Å²) in [6.07, 6.45) is 3.08. The van der Waals surface area contributed by atoms with Gasteiger partial charge in [-0.25, -0.2) is 23.1 Å². The van der Waals surface area contributed by atoms with Crippen molar-refractivity contribution < 1.29 is 22.8 Å². The third-order valence-corrected chi connectivity index (χ3v) is 5.64. The summed E-state index contributed by atoms with van der Waals surface area (Å²) >= 11 is 5.49. The van der Waals surface area contributed by atoms with Gasteiger partial charge in [0.15, 0.2) is 5.54 Å². The zero-order valence-electron chi connectivity index (χ0n) is 17.0. The second-order valence-corrected chi connectivity index (χ2v) is 8.16. The summed E-state index contributed by atoms with van der Waals surface area (Å²) in [5, 5.41) is 2.60. The van der Waals surface area contributed by atoms with Gasteiger partial charge in [-0.05, 0) is 32.4 Å². The fourth-order valence-corrected chi connectivity index (χ4v) is 3.81. The highest BCUT2D eigenvalue weighted by atomic mass is 35.5. The SMILES string of the molecule is Cc1ccc(N(C(=O)[C@H](F)Cl)[C@@](C)(C(=O)N[C@H]2CCC(F)(F)C2)c2cncnc2)cc1. The van der Waals surface area contributed by atoms with Gasteiger partial charge in [0.05, 0.1) is 0 Å². The Morgan fingerprint density at radius 1 is 1.26 bits per heavy atom. The van der Waals surface area contributed by atoms with Crippen LogP contribution in [0.5, 0.6) is 0 Å². The van der Waals surface area contributed by atoms with Crippen molar-refractivity contribution in [3.05, 3.63) is 54.1 Å². The number of hydrogen-bond donors (Lipinski definition) is 1. The van der Waals surface area contributed by atoms with Gasteiger partial charge in [-0.2, -0.15) is 0 Å². The maximum Gasteiger partial charge on any atom is 0.278 e. The smallest absolute Gasteiger partial charge is 0.278 e. The van der Waals surface area contributed by atoms with Crippen molar-refractivity contribution in [3.63, 3.8) is 0 Å². The second-order valence-electron chi connectivity index (χ2n) is 7.78. The van der Waals surface area contributed by atoms with Crippen LogP contribution in [-0.2, 0) is 15.1 Å². The molecule has 1 heterocycles. The third-order valence-electron chi connectivity index (χ3n) is 5.45. The fraction of sp³-hybridized carbons (Fsp3) is 0.429. The summed E-state index contributed by atoms with van der Waals surface area (Å²) in [4.78, 5) is 35.1. The third kappa shape index (κ3) is 4.81. The minimum Gasteiger partial charge on any atom is -0.351 e. The van der Waals surface area contributed by atoms with E-state index < -0.39 is 41.4 Å². The molecule has 6 nitrogen and oxygen atoms in total. The van der Waals surface area contributed by atoms with E-state index in [1.54, 1.807) is 24.3 Å². The van der Waals surface area contributed by atoms with E-state index in [1.807, 2.05) is 6.92 Å². The maximum atomic E-state index is 14.0. The quantitative estimate of drug-likeness (QED) is 0.672. The predicted molar refractivity (Wildman–Crippen MR) is 110 cm³/mol. The number of aryl methyl sites for hydroxylation is 1. The topological polar surface area (TPSA) is 75.2 Å². The van der Waals surface area contributed by atoms with Gasteiger partial charge in [0.1, 0.15) is 6.33 Å². The number of rotatable bonds is 6. The van der Waals surface area contributed by atoms with Crippen LogP contribution in [0.25, 0.3) is 0 Å². The number of carbonyl (C=O) groups is 2. The van der Waals surface area contributed by atoms with Gasteiger partial charge < -0.3 is 5.32 Å². The molecule has 10 heteroatoms. The molecule has 1 saturated carbocycles. The Labute approximate surface area is 182 Å². The van der Waals surface area contributed by atoms with E-state index in [9.17, 15) is 22.8 Å². The standard InChI is InChI=1S/C21H22ClF3N4O2/c1-13-3-5-16(6-4-13)29(18(30)17(22)23)20(2,14-10-26-12-27-11-14)19(31)28-15-7-8-21(24,25)9-15/h3-6,10-12,15,17H,7-9H2,1-2H3,(H,28,31)/t15-,17-,20+/m0/s1. The molecule has 1 aliphatic rings. The van der Waals surface area contributed by atoms with Crippen molar-refractivity contribution in [2.24, 2.45) is 0 Å². The molecule has 1 aromatic heterocycles. The average molecular weight is 455 g/mol. The molecule has 0 aliphatic heterocycles. The summed E-state index contributed by atoms with van der Waals surface area (Å²) in [6.45, 7) is 3.21. The first kappa shape index (κ1) is 23.0. The number of halogens is 4. The maximum absolute atomic E-state index is 14.0. The molecule has 3 atom stereocenters. The number of carbonyl (C=O) groups excluding carboxylic acids is 2. The van der Waals surface area contributed by atoms with Crippen molar-refractivity contribution >= 4 is 29.1 Å². The molecule has 1 N–H and O–H groups in total. The summed E-state index contributed by atoms with van der Waals surface area (Å²) in [5.41, 5.74) is -3.04. The summed E-state index contributed by atoms with van der Waals surface area (Å²) < 4.78 is 41.4. The van der Waals surface area contributed by atoms with E-state index in [2.05, 4.69) is 15.3 Å². The molecular formula is C21H22ClF3N4O2. The number of nitrogens with one attached hydrogen (secondary N) is 1. The van der Waals surface area contributed by atoms with Gasteiger partial charge in [-0.15, -0.1) is 0 Å². The lowest BCUT2D eigenvalue weighted by Gasteiger charge is -2.40. The zero-order chi connectivity index (χ0) is 22.8. The molecule has 0 saturated heterocycles. The summed E-state index contributed by atoms with van der Waals surface area (Å²) in [5.74, 6) is -4.82. The van der Waals surface area contributed by atoms with Gasteiger partial charge in [0.2, 0.25) is 5.92 Å². The van der Waals surface area contributed by atoms with Crippen LogP contribution in [0.15, 0.2) is 43.0 Å². The number of anilines is 1. The first-order valence-electron chi connectivity index (χ1n) is 9.68. The van der Waals surface area contributed by atoms with E-state index in [4.69, 9.17) is 11.6 Å². The van der Waals surface area contributed by atoms with Crippen LogP contribution in [-0.4, -0.2) is 39.4 Å². The summed E-state index contributed by atoms with van der Waals surface area (Å²) in [7, 11) is 0. The largest absolute Gasteiger partial charge is 0.351 e.